The first-order chi connectivity index (χ1) is 16.1. The quantitative estimate of drug-likeness (QED) is 0.436. The van der Waals surface area contributed by atoms with Crippen molar-refractivity contribution in [1.82, 2.24) is 5.32 Å². The molecule has 3 aromatic carbocycles. The number of aryl methyl sites for hydroxylation is 1. The van der Waals surface area contributed by atoms with Crippen molar-refractivity contribution in [2.75, 3.05) is 0 Å². The zero-order chi connectivity index (χ0) is 23.6. The van der Waals surface area contributed by atoms with E-state index < -0.39 is 0 Å². The van der Waals surface area contributed by atoms with Crippen molar-refractivity contribution in [3.8, 4) is 0 Å². The Morgan fingerprint density at radius 1 is 0.848 bits per heavy atom. The van der Waals surface area contributed by atoms with E-state index in [4.69, 9.17) is 4.99 Å². The fourth-order valence-electron chi connectivity index (χ4n) is 3.72. The molecule has 1 unspecified atom stereocenters. The molecule has 3 heteroatoms. The summed E-state index contributed by atoms with van der Waals surface area (Å²) in [5, 5.41) is 3.16. The Hall–Kier alpha value is -3.46. The number of amides is 1. The van der Waals surface area contributed by atoms with Crippen LogP contribution in [0.15, 0.2) is 95.5 Å². The molecule has 3 aromatic rings. The average molecular weight is 439 g/mol. The minimum absolute atomic E-state index is 0.0596. The lowest BCUT2D eigenvalue weighted by Crippen LogP contribution is -2.28. The van der Waals surface area contributed by atoms with Crippen LogP contribution in [-0.4, -0.2) is 11.6 Å². The lowest BCUT2D eigenvalue weighted by Gasteiger charge is -2.15. The molecule has 1 amide bonds. The summed E-state index contributed by atoms with van der Waals surface area (Å²) in [6.07, 6.45) is 2.77. The molecule has 0 aromatic heterocycles. The van der Waals surface area contributed by atoms with Crippen LogP contribution in [0.4, 0.5) is 0 Å². The minimum atomic E-state index is -0.0734. The van der Waals surface area contributed by atoms with Crippen LogP contribution in [0.1, 0.15) is 68.8 Å². The number of carbonyl (C=O) groups excluding carboxylic acids is 1. The van der Waals surface area contributed by atoms with Gasteiger partial charge in [0.2, 0.25) is 5.91 Å². The Labute approximate surface area is 198 Å². The maximum absolute atomic E-state index is 13.3. The zero-order valence-corrected chi connectivity index (χ0v) is 20.1. The molecule has 1 N–H and O–H groups in total. The van der Waals surface area contributed by atoms with E-state index in [2.05, 4.69) is 50.4 Å². The molecule has 0 radical (unpaired) electrons. The summed E-state index contributed by atoms with van der Waals surface area (Å²) in [6.45, 7) is 8.40. The normalized spacial score (nSPS) is 13.6. The van der Waals surface area contributed by atoms with Crippen LogP contribution in [0.3, 0.4) is 0 Å². The number of benzene rings is 3. The molecule has 1 heterocycles. The first kappa shape index (κ1) is 24.2. The number of carbonyl (C=O) groups is 1. The van der Waals surface area contributed by atoms with E-state index in [0.29, 0.717) is 6.42 Å². The average Bonchev–Trinajstić information content (AvgIpc) is 3.31. The van der Waals surface area contributed by atoms with E-state index in [1.54, 1.807) is 0 Å². The number of rotatable bonds is 6. The highest BCUT2D eigenvalue weighted by Gasteiger charge is 2.26. The zero-order valence-electron chi connectivity index (χ0n) is 20.1. The van der Waals surface area contributed by atoms with Crippen LogP contribution >= 0.6 is 0 Å². The summed E-state index contributed by atoms with van der Waals surface area (Å²) in [5.41, 5.74) is 6.82. The third kappa shape index (κ3) is 6.29. The van der Waals surface area contributed by atoms with Crippen molar-refractivity contribution < 1.29 is 4.79 Å². The first-order valence-electron chi connectivity index (χ1n) is 11.9. The highest BCUT2D eigenvalue weighted by atomic mass is 16.1. The molecule has 170 valence electrons. The van der Waals surface area contributed by atoms with E-state index in [1.807, 2.05) is 67.6 Å². The van der Waals surface area contributed by atoms with Gasteiger partial charge < -0.3 is 5.32 Å². The maximum atomic E-state index is 13.3. The van der Waals surface area contributed by atoms with Crippen molar-refractivity contribution in [2.45, 2.75) is 53.0 Å². The van der Waals surface area contributed by atoms with Gasteiger partial charge in [0, 0.05) is 17.6 Å². The Kier molecular flexibility index (Phi) is 8.77. The van der Waals surface area contributed by atoms with Crippen LogP contribution in [0.25, 0.3) is 5.70 Å². The fourth-order valence-corrected chi connectivity index (χ4v) is 3.72. The number of nitrogens with one attached hydrogen (secondary N) is 1. The standard InChI is InChI=1S/C27H26N2O.C3H8/c1-3-20-14-16-23(17-15-20)26-24(18-25(29-26)22-12-8-5-9-13-22)27(30)28-19(2)21-10-6-4-7-11-21;1-3-2/h4-17,19H,3,18H2,1-2H3,(H,28,30);3H2,1-2H3. The molecule has 0 spiro atoms. The van der Waals surface area contributed by atoms with Gasteiger partial charge in [0.05, 0.1) is 17.5 Å². The summed E-state index contributed by atoms with van der Waals surface area (Å²) in [5.74, 6) is -0.0596. The molecule has 0 bridgehead atoms. The van der Waals surface area contributed by atoms with E-state index >= 15 is 0 Å². The van der Waals surface area contributed by atoms with Gasteiger partial charge in [-0.25, -0.2) is 0 Å². The second-order valence-corrected chi connectivity index (χ2v) is 8.29. The molecule has 1 aliphatic rings. The molecule has 0 saturated heterocycles. The predicted octanol–water partition coefficient (Wildman–Crippen LogP) is 7.15. The van der Waals surface area contributed by atoms with E-state index in [0.717, 1.165) is 40.1 Å². The molecule has 3 nitrogen and oxygen atoms in total. The largest absolute Gasteiger partial charge is 0.346 e. The second kappa shape index (κ2) is 12.0. The van der Waals surface area contributed by atoms with E-state index in [9.17, 15) is 4.79 Å². The van der Waals surface area contributed by atoms with Crippen LogP contribution in [0.2, 0.25) is 0 Å². The van der Waals surface area contributed by atoms with Gasteiger partial charge in [-0.05, 0) is 30.0 Å². The van der Waals surface area contributed by atoms with Crippen molar-refractivity contribution in [3.63, 3.8) is 0 Å². The number of hydrogen-bond acceptors (Lipinski definition) is 2. The third-order valence-corrected chi connectivity index (χ3v) is 5.54. The Balaban J connectivity index is 0.000000968. The monoisotopic (exact) mass is 438 g/mol. The topological polar surface area (TPSA) is 41.5 Å². The van der Waals surface area contributed by atoms with Gasteiger partial charge in [-0.3, -0.25) is 9.79 Å². The SMILES string of the molecule is CCC.CCc1ccc(C2=C(C(=O)NC(C)c3ccccc3)CC(c3ccccc3)=N2)cc1. The Morgan fingerprint density at radius 3 is 2.00 bits per heavy atom. The van der Waals surface area contributed by atoms with Gasteiger partial charge in [-0.15, -0.1) is 0 Å². The summed E-state index contributed by atoms with van der Waals surface area (Å²) in [7, 11) is 0. The number of nitrogens with zero attached hydrogens (tertiary/aromatic N) is 1. The van der Waals surface area contributed by atoms with Crippen molar-refractivity contribution >= 4 is 17.3 Å². The molecule has 1 aliphatic heterocycles. The third-order valence-electron chi connectivity index (χ3n) is 5.54. The summed E-state index contributed by atoms with van der Waals surface area (Å²) >= 11 is 0. The first-order valence-corrected chi connectivity index (χ1v) is 11.9. The molecular weight excluding hydrogens is 404 g/mol. The Morgan fingerprint density at radius 2 is 1.42 bits per heavy atom. The van der Waals surface area contributed by atoms with E-state index in [1.165, 1.54) is 12.0 Å². The van der Waals surface area contributed by atoms with Crippen LogP contribution < -0.4 is 5.32 Å². The fraction of sp³-hybridized carbons (Fsp3) is 0.267. The Bertz CT molecular complexity index is 1100. The number of hydrogen-bond donors (Lipinski definition) is 1. The molecule has 0 saturated carbocycles. The second-order valence-electron chi connectivity index (χ2n) is 8.29. The van der Waals surface area contributed by atoms with Crippen molar-refractivity contribution in [1.29, 1.82) is 0 Å². The molecule has 0 aliphatic carbocycles. The van der Waals surface area contributed by atoms with Gasteiger partial charge in [-0.1, -0.05) is 112 Å². The van der Waals surface area contributed by atoms with Gasteiger partial charge in [0.15, 0.2) is 0 Å². The molecule has 0 fully saturated rings. The van der Waals surface area contributed by atoms with Crippen molar-refractivity contribution in [3.05, 3.63) is 113 Å². The van der Waals surface area contributed by atoms with Crippen LogP contribution in [0.5, 0.6) is 0 Å². The summed E-state index contributed by atoms with van der Waals surface area (Å²) in [4.78, 5) is 18.2. The van der Waals surface area contributed by atoms with Gasteiger partial charge in [0.25, 0.3) is 0 Å². The number of aliphatic imine (C=N–C) groups is 1. The highest BCUT2D eigenvalue weighted by Crippen LogP contribution is 2.32. The lowest BCUT2D eigenvalue weighted by atomic mass is 10.00. The van der Waals surface area contributed by atoms with Gasteiger partial charge in [-0.2, -0.15) is 0 Å². The molecule has 4 rings (SSSR count). The molecular formula is C30H34N2O. The minimum Gasteiger partial charge on any atom is -0.346 e. The lowest BCUT2D eigenvalue weighted by molar-refractivity contribution is -0.118. The van der Waals surface area contributed by atoms with Gasteiger partial charge >= 0.3 is 0 Å². The van der Waals surface area contributed by atoms with Crippen molar-refractivity contribution in [2.24, 2.45) is 4.99 Å². The van der Waals surface area contributed by atoms with Crippen LogP contribution in [0, 0.1) is 0 Å². The van der Waals surface area contributed by atoms with E-state index in [-0.39, 0.29) is 11.9 Å². The predicted molar refractivity (Wildman–Crippen MR) is 139 cm³/mol. The summed E-state index contributed by atoms with van der Waals surface area (Å²) < 4.78 is 0. The van der Waals surface area contributed by atoms with Gasteiger partial charge in [0.1, 0.15) is 0 Å². The van der Waals surface area contributed by atoms with Crippen LogP contribution in [-0.2, 0) is 11.2 Å². The maximum Gasteiger partial charge on any atom is 0.250 e. The summed E-state index contributed by atoms with van der Waals surface area (Å²) in [6, 6.07) is 28.4. The molecule has 1 atom stereocenters. The smallest absolute Gasteiger partial charge is 0.250 e. The molecule has 33 heavy (non-hydrogen) atoms. The highest BCUT2D eigenvalue weighted by molar-refractivity contribution is 6.16.